The van der Waals surface area contributed by atoms with Crippen LogP contribution in [0.3, 0.4) is 0 Å². The second-order valence-corrected chi connectivity index (χ2v) is 2.00. The number of halogens is 2. The van der Waals surface area contributed by atoms with Crippen LogP contribution in [0, 0.1) is 0 Å². The van der Waals surface area contributed by atoms with Crippen molar-refractivity contribution in [3.63, 3.8) is 0 Å². The highest BCUT2D eigenvalue weighted by atomic mass is 79.9. The minimum atomic E-state index is -0.306. The first-order valence-corrected chi connectivity index (χ1v) is 2.64. The lowest BCUT2D eigenvalue weighted by Crippen LogP contribution is -1.64. The van der Waals surface area contributed by atoms with Crippen LogP contribution in [0.25, 0.3) is 0 Å². The number of hydrogen-bond donors (Lipinski definition) is 0. The quantitative estimate of drug-likeness (QED) is 0.524. The van der Waals surface area contributed by atoms with Gasteiger partial charge in [-0.25, -0.2) is 4.39 Å². The smallest absolute Gasteiger partial charge is 0.132 e. The molecule has 0 unspecified atom stereocenters. The van der Waals surface area contributed by atoms with Gasteiger partial charge in [-0.3, -0.25) is 0 Å². The summed E-state index contributed by atoms with van der Waals surface area (Å²) in [7, 11) is 0. The van der Waals surface area contributed by atoms with Crippen molar-refractivity contribution in [1.82, 2.24) is 0 Å². The molecule has 7 heavy (non-hydrogen) atoms. The summed E-state index contributed by atoms with van der Waals surface area (Å²) < 4.78 is 12.3. The normalized spacial score (nSPS) is 11.6. The third kappa shape index (κ3) is 2.57. The van der Waals surface area contributed by atoms with Crippen molar-refractivity contribution in [2.24, 2.45) is 0 Å². The molecule has 0 bridgehead atoms. The van der Waals surface area contributed by atoms with Gasteiger partial charge in [0, 0.05) is 4.48 Å². The van der Waals surface area contributed by atoms with Gasteiger partial charge in [-0.2, -0.15) is 0 Å². The molecule has 0 aliphatic rings. The van der Waals surface area contributed by atoms with Crippen LogP contribution in [0.1, 0.15) is 6.92 Å². The van der Waals surface area contributed by atoms with Crippen LogP contribution in [-0.2, 0) is 0 Å². The van der Waals surface area contributed by atoms with E-state index in [9.17, 15) is 4.39 Å². The van der Waals surface area contributed by atoms with Crippen molar-refractivity contribution in [2.75, 3.05) is 0 Å². The maximum atomic E-state index is 12.0. The molecule has 0 aromatic carbocycles. The average Bonchev–Trinajstić information content (AvgIpc) is 1.65. The average molecular weight is 165 g/mol. The van der Waals surface area contributed by atoms with Crippen molar-refractivity contribution in [2.45, 2.75) is 6.92 Å². The molecular weight excluding hydrogens is 159 g/mol. The Balaban J connectivity index is 3.82. The standard InChI is InChI=1S/C5H6BrF/c1-3-5(7)4(2)6/h3H,2H2,1H3. The van der Waals surface area contributed by atoms with Crippen molar-refractivity contribution < 1.29 is 4.39 Å². The molecule has 0 N–H and O–H groups in total. The molecule has 0 rings (SSSR count). The van der Waals surface area contributed by atoms with E-state index < -0.39 is 0 Å². The second-order valence-electron chi connectivity index (χ2n) is 1.04. The van der Waals surface area contributed by atoms with Crippen LogP contribution in [0.2, 0.25) is 0 Å². The van der Waals surface area contributed by atoms with Crippen molar-refractivity contribution >= 4 is 15.9 Å². The maximum absolute atomic E-state index is 12.0. The fourth-order valence-corrected chi connectivity index (χ4v) is 0.386. The van der Waals surface area contributed by atoms with Crippen LogP contribution < -0.4 is 0 Å². The van der Waals surface area contributed by atoms with Gasteiger partial charge in [0.25, 0.3) is 0 Å². The Morgan fingerprint density at radius 1 is 1.86 bits per heavy atom. The molecule has 2 heteroatoms. The first-order valence-electron chi connectivity index (χ1n) is 1.85. The molecule has 0 saturated carbocycles. The van der Waals surface area contributed by atoms with E-state index in [2.05, 4.69) is 22.5 Å². The molecule has 0 amide bonds. The van der Waals surface area contributed by atoms with E-state index in [1.807, 2.05) is 0 Å². The minimum absolute atomic E-state index is 0.301. The first-order chi connectivity index (χ1) is 3.18. The van der Waals surface area contributed by atoms with E-state index in [0.29, 0.717) is 4.48 Å². The monoisotopic (exact) mass is 164 g/mol. The van der Waals surface area contributed by atoms with E-state index >= 15 is 0 Å². The van der Waals surface area contributed by atoms with Crippen LogP contribution in [0.4, 0.5) is 4.39 Å². The topological polar surface area (TPSA) is 0 Å². The lowest BCUT2D eigenvalue weighted by Gasteiger charge is -1.84. The summed E-state index contributed by atoms with van der Waals surface area (Å²) in [5.41, 5.74) is 0. The van der Waals surface area contributed by atoms with E-state index in [1.54, 1.807) is 6.92 Å². The predicted molar refractivity (Wildman–Crippen MR) is 32.9 cm³/mol. The zero-order valence-electron chi connectivity index (χ0n) is 4.04. The van der Waals surface area contributed by atoms with Gasteiger partial charge < -0.3 is 0 Å². The van der Waals surface area contributed by atoms with Crippen molar-refractivity contribution in [3.8, 4) is 0 Å². The lowest BCUT2D eigenvalue weighted by molar-refractivity contribution is 0.663. The van der Waals surface area contributed by atoms with Crippen molar-refractivity contribution in [3.05, 3.63) is 23.0 Å². The highest BCUT2D eigenvalue weighted by Crippen LogP contribution is 2.14. The van der Waals surface area contributed by atoms with Gasteiger partial charge in [0.2, 0.25) is 0 Å². The molecule has 0 radical (unpaired) electrons. The van der Waals surface area contributed by atoms with Gasteiger partial charge in [-0.05, 0) is 22.9 Å². The Morgan fingerprint density at radius 3 is 2.29 bits per heavy atom. The van der Waals surface area contributed by atoms with Gasteiger partial charge in [0.1, 0.15) is 5.83 Å². The zero-order valence-corrected chi connectivity index (χ0v) is 5.63. The molecule has 0 aliphatic heterocycles. The number of allylic oxidation sites excluding steroid dienone is 3. The molecule has 0 atom stereocenters. The molecule has 40 valence electrons. The lowest BCUT2D eigenvalue weighted by atomic mass is 10.5. The SMILES string of the molecule is C=C(Br)C(F)=CC. The Kier molecular flexibility index (Phi) is 2.92. The predicted octanol–water partition coefficient (Wildman–Crippen LogP) is 2.77. The van der Waals surface area contributed by atoms with Crippen molar-refractivity contribution in [1.29, 1.82) is 0 Å². The Bertz CT molecular complexity index is 105. The Hall–Kier alpha value is -0.110. The second kappa shape index (κ2) is 2.97. The third-order valence-corrected chi connectivity index (χ3v) is 0.891. The van der Waals surface area contributed by atoms with E-state index in [0.717, 1.165) is 0 Å². The minimum Gasteiger partial charge on any atom is -0.206 e. The molecule has 0 saturated heterocycles. The summed E-state index contributed by atoms with van der Waals surface area (Å²) in [4.78, 5) is 0. The summed E-state index contributed by atoms with van der Waals surface area (Å²) in [5.74, 6) is -0.306. The van der Waals surface area contributed by atoms with Crippen LogP contribution >= 0.6 is 15.9 Å². The Labute approximate surface area is 50.9 Å². The maximum Gasteiger partial charge on any atom is 0.132 e. The highest BCUT2D eigenvalue weighted by molar-refractivity contribution is 9.11. The number of hydrogen-bond acceptors (Lipinski definition) is 0. The first kappa shape index (κ1) is 6.89. The van der Waals surface area contributed by atoms with Gasteiger partial charge in [0.15, 0.2) is 0 Å². The molecule has 0 spiro atoms. The zero-order chi connectivity index (χ0) is 5.86. The van der Waals surface area contributed by atoms with Gasteiger partial charge in [0.05, 0.1) is 0 Å². The highest BCUT2D eigenvalue weighted by Gasteiger charge is 1.89. The summed E-state index contributed by atoms with van der Waals surface area (Å²) >= 11 is 2.86. The molecule has 0 aliphatic carbocycles. The van der Waals surface area contributed by atoms with E-state index in [-0.39, 0.29) is 5.83 Å². The van der Waals surface area contributed by atoms with Crippen LogP contribution in [0.5, 0.6) is 0 Å². The third-order valence-electron chi connectivity index (χ3n) is 0.513. The number of rotatable bonds is 1. The summed E-state index contributed by atoms with van der Waals surface area (Å²) in [6, 6.07) is 0. The molecule has 0 nitrogen and oxygen atoms in total. The Morgan fingerprint density at radius 2 is 2.29 bits per heavy atom. The van der Waals surface area contributed by atoms with E-state index in [1.165, 1.54) is 6.08 Å². The molecule has 0 fully saturated rings. The van der Waals surface area contributed by atoms with Crippen LogP contribution in [-0.4, -0.2) is 0 Å². The largest absolute Gasteiger partial charge is 0.206 e. The molecule has 0 aromatic rings. The van der Waals surface area contributed by atoms with Gasteiger partial charge in [-0.15, -0.1) is 0 Å². The summed E-state index contributed by atoms with van der Waals surface area (Å²) in [5, 5.41) is 0. The molecule has 0 heterocycles. The van der Waals surface area contributed by atoms with Gasteiger partial charge >= 0.3 is 0 Å². The summed E-state index contributed by atoms with van der Waals surface area (Å²) in [6.07, 6.45) is 1.34. The fraction of sp³-hybridized carbons (Fsp3) is 0.200. The molecular formula is C5H6BrF. The van der Waals surface area contributed by atoms with Crippen LogP contribution in [0.15, 0.2) is 23.0 Å². The van der Waals surface area contributed by atoms with E-state index in [4.69, 9.17) is 0 Å². The molecule has 0 aromatic heterocycles. The summed E-state index contributed by atoms with van der Waals surface area (Å²) in [6.45, 7) is 4.91. The van der Waals surface area contributed by atoms with Gasteiger partial charge in [-0.1, -0.05) is 12.7 Å². The fourth-order valence-electron chi connectivity index (χ4n) is 0.157.